The van der Waals surface area contributed by atoms with Crippen molar-refractivity contribution in [1.82, 2.24) is 19.4 Å². The van der Waals surface area contributed by atoms with Crippen LogP contribution in [-0.4, -0.2) is 33.3 Å². The lowest BCUT2D eigenvalue weighted by Gasteiger charge is -2.12. The zero-order valence-electron chi connectivity index (χ0n) is 18.0. The molecule has 0 aliphatic carbocycles. The molecule has 11 nitrogen and oxygen atoms in total. The molecule has 3 aromatic rings. The molecule has 0 aliphatic rings. The summed E-state index contributed by atoms with van der Waals surface area (Å²) in [6.45, 7) is 3.99. The van der Waals surface area contributed by atoms with Gasteiger partial charge in [-0.2, -0.15) is 18.1 Å². The SMILES string of the molecule is CCNS(=O)(=O)NCc1cccc(Nc2nc(Nc3ccc(S(N)(=O)=O)cc3)ncc2C)c1. The zero-order valence-corrected chi connectivity index (χ0v) is 19.7. The summed E-state index contributed by atoms with van der Waals surface area (Å²) in [5.74, 6) is 0.861. The van der Waals surface area contributed by atoms with Crippen LogP contribution < -0.4 is 25.2 Å². The Morgan fingerprint density at radius 3 is 2.33 bits per heavy atom. The second kappa shape index (κ2) is 10.2. The second-order valence-electron chi connectivity index (χ2n) is 7.07. The van der Waals surface area contributed by atoms with Gasteiger partial charge in [0.1, 0.15) is 5.82 Å². The molecule has 0 atom stereocenters. The normalized spacial score (nSPS) is 11.8. The maximum atomic E-state index is 11.8. The summed E-state index contributed by atoms with van der Waals surface area (Å²) in [4.78, 5) is 8.73. The standard InChI is InChI=1S/C20H25N7O4S2/c1-3-23-33(30,31)24-13-15-5-4-6-17(11-15)25-19-14(2)12-22-20(27-19)26-16-7-9-18(10-8-16)32(21,28)29/h4-12,23-24H,3,13H2,1-2H3,(H2,21,28,29)(H2,22,25,26,27). The van der Waals surface area contributed by atoms with E-state index in [1.165, 1.54) is 12.1 Å². The third-order valence-corrected chi connectivity index (χ3v) is 6.52. The molecule has 0 radical (unpaired) electrons. The molecule has 0 unspecified atom stereocenters. The van der Waals surface area contributed by atoms with Crippen LogP contribution >= 0.6 is 0 Å². The quantitative estimate of drug-likeness (QED) is 0.286. The minimum absolute atomic E-state index is 0.00729. The predicted octanol–water partition coefficient (Wildman–Crippen LogP) is 1.86. The van der Waals surface area contributed by atoms with E-state index in [0.29, 0.717) is 24.0 Å². The Labute approximate surface area is 193 Å². The van der Waals surface area contributed by atoms with E-state index in [1.807, 2.05) is 31.2 Å². The number of aromatic nitrogens is 2. The van der Waals surface area contributed by atoms with Gasteiger partial charge in [-0.05, 0) is 48.9 Å². The van der Waals surface area contributed by atoms with Crippen molar-refractivity contribution in [3.05, 3.63) is 65.9 Å². The molecule has 1 aromatic heterocycles. The highest BCUT2D eigenvalue weighted by Gasteiger charge is 2.10. The van der Waals surface area contributed by atoms with E-state index < -0.39 is 20.2 Å². The average molecular weight is 492 g/mol. The Morgan fingerprint density at radius 1 is 0.939 bits per heavy atom. The first-order chi connectivity index (χ1) is 15.6. The molecule has 176 valence electrons. The highest BCUT2D eigenvalue weighted by molar-refractivity contribution is 7.89. The molecule has 33 heavy (non-hydrogen) atoms. The smallest absolute Gasteiger partial charge is 0.277 e. The Balaban J connectivity index is 1.72. The van der Waals surface area contributed by atoms with E-state index >= 15 is 0 Å². The van der Waals surface area contributed by atoms with Crippen molar-refractivity contribution >= 4 is 43.4 Å². The molecule has 1 heterocycles. The van der Waals surface area contributed by atoms with Crippen LogP contribution in [0.25, 0.3) is 0 Å². The van der Waals surface area contributed by atoms with Gasteiger partial charge < -0.3 is 10.6 Å². The van der Waals surface area contributed by atoms with Crippen LogP contribution in [0.2, 0.25) is 0 Å². The van der Waals surface area contributed by atoms with E-state index in [9.17, 15) is 16.8 Å². The fraction of sp³-hybridized carbons (Fsp3) is 0.200. The molecule has 0 bridgehead atoms. The molecule has 6 N–H and O–H groups in total. The van der Waals surface area contributed by atoms with E-state index in [-0.39, 0.29) is 11.4 Å². The van der Waals surface area contributed by atoms with Crippen molar-refractivity contribution in [2.75, 3.05) is 17.2 Å². The number of anilines is 4. The van der Waals surface area contributed by atoms with Gasteiger partial charge in [0.2, 0.25) is 16.0 Å². The van der Waals surface area contributed by atoms with Gasteiger partial charge in [0.15, 0.2) is 0 Å². The maximum absolute atomic E-state index is 11.8. The Bertz CT molecular complexity index is 1330. The average Bonchev–Trinajstić information content (AvgIpc) is 2.75. The first-order valence-electron chi connectivity index (χ1n) is 9.89. The Morgan fingerprint density at radius 2 is 1.67 bits per heavy atom. The van der Waals surface area contributed by atoms with E-state index in [4.69, 9.17) is 5.14 Å². The molecule has 0 spiro atoms. The highest BCUT2D eigenvalue weighted by atomic mass is 32.2. The lowest BCUT2D eigenvalue weighted by Crippen LogP contribution is -2.35. The Hall–Kier alpha value is -3.10. The van der Waals surface area contributed by atoms with Crippen molar-refractivity contribution in [2.24, 2.45) is 5.14 Å². The summed E-state index contributed by atoms with van der Waals surface area (Å²) in [5.41, 5.74) is 2.87. The van der Waals surface area contributed by atoms with Crippen LogP contribution in [-0.2, 0) is 26.8 Å². The largest absolute Gasteiger partial charge is 0.340 e. The number of nitrogens with one attached hydrogen (secondary N) is 4. The third kappa shape index (κ3) is 7.20. The first kappa shape index (κ1) is 24.5. The third-order valence-electron chi connectivity index (χ3n) is 4.40. The molecule has 0 saturated heterocycles. The van der Waals surface area contributed by atoms with Crippen molar-refractivity contribution in [1.29, 1.82) is 0 Å². The molecule has 3 rings (SSSR count). The molecule has 0 fully saturated rings. The van der Waals surface area contributed by atoms with Crippen LogP contribution in [0, 0.1) is 6.92 Å². The van der Waals surface area contributed by atoms with Crippen molar-refractivity contribution in [3.63, 3.8) is 0 Å². The number of hydrogen-bond acceptors (Lipinski definition) is 8. The van der Waals surface area contributed by atoms with Crippen LogP contribution in [0.5, 0.6) is 0 Å². The summed E-state index contributed by atoms with van der Waals surface area (Å²) in [5, 5.41) is 11.3. The number of sulfonamides is 1. The van der Waals surface area contributed by atoms with Gasteiger partial charge in [-0.25, -0.2) is 23.3 Å². The van der Waals surface area contributed by atoms with Crippen LogP contribution in [0.3, 0.4) is 0 Å². The second-order valence-corrected chi connectivity index (χ2v) is 10.2. The van der Waals surface area contributed by atoms with Crippen molar-refractivity contribution in [3.8, 4) is 0 Å². The fourth-order valence-electron chi connectivity index (χ4n) is 2.80. The monoisotopic (exact) mass is 491 g/mol. The predicted molar refractivity (Wildman–Crippen MR) is 127 cm³/mol. The number of hydrogen-bond donors (Lipinski definition) is 5. The molecule has 0 aliphatic heterocycles. The zero-order chi connectivity index (χ0) is 24.1. The number of benzene rings is 2. The molecule has 13 heteroatoms. The first-order valence-corrected chi connectivity index (χ1v) is 12.9. The lowest BCUT2D eigenvalue weighted by atomic mass is 10.2. The van der Waals surface area contributed by atoms with Gasteiger partial charge in [0.25, 0.3) is 10.2 Å². The summed E-state index contributed by atoms with van der Waals surface area (Å²) in [7, 11) is -7.31. The molecule has 0 saturated carbocycles. The number of aryl methyl sites for hydroxylation is 1. The molecule has 2 aromatic carbocycles. The van der Waals surface area contributed by atoms with E-state index in [1.54, 1.807) is 25.3 Å². The van der Waals surface area contributed by atoms with Gasteiger partial charge >= 0.3 is 0 Å². The number of primary sulfonamides is 1. The molecular weight excluding hydrogens is 466 g/mol. The van der Waals surface area contributed by atoms with E-state index in [0.717, 1.165) is 16.8 Å². The van der Waals surface area contributed by atoms with Crippen molar-refractivity contribution in [2.45, 2.75) is 25.3 Å². The summed E-state index contributed by atoms with van der Waals surface area (Å²) in [6.07, 6.45) is 1.64. The molecule has 0 amide bonds. The van der Waals surface area contributed by atoms with Gasteiger partial charge in [-0.1, -0.05) is 19.1 Å². The minimum atomic E-state index is -3.77. The van der Waals surface area contributed by atoms with Gasteiger partial charge in [0.05, 0.1) is 4.90 Å². The van der Waals surface area contributed by atoms with Crippen LogP contribution in [0.15, 0.2) is 59.6 Å². The van der Waals surface area contributed by atoms with Crippen LogP contribution in [0.1, 0.15) is 18.1 Å². The number of rotatable bonds is 10. The van der Waals surface area contributed by atoms with Gasteiger partial charge in [0, 0.05) is 36.2 Å². The summed E-state index contributed by atoms with van der Waals surface area (Å²) < 4.78 is 51.2. The minimum Gasteiger partial charge on any atom is -0.340 e. The van der Waals surface area contributed by atoms with Gasteiger partial charge in [-0.3, -0.25) is 0 Å². The van der Waals surface area contributed by atoms with Crippen LogP contribution in [0.4, 0.5) is 23.1 Å². The van der Waals surface area contributed by atoms with E-state index in [2.05, 4.69) is 30.0 Å². The molecular formula is C20H25N7O4S2. The lowest BCUT2D eigenvalue weighted by molar-refractivity contribution is 0.568. The number of nitrogens with zero attached hydrogens (tertiary/aromatic N) is 2. The summed E-state index contributed by atoms with van der Waals surface area (Å²) >= 11 is 0. The Kier molecular flexibility index (Phi) is 7.61. The highest BCUT2D eigenvalue weighted by Crippen LogP contribution is 2.22. The van der Waals surface area contributed by atoms with Gasteiger partial charge in [-0.15, -0.1) is 0 Å². The van der Waals surface area contributed by atoms with Crippen molar-refractivity contribution < 1.29 is 16.8 Å². The summed E-state index contributed by atoms with van der Waals surface area (Å²) in [6, 6.07) is 13.2. The fourth-order valence-corrected chi connectivity index (χ4v) is 4.16. The maximum Gasteiger partial charge on any atom is 0.277 e. The number of nitrogens with two attached hydrogens (primary N) is 1. The topological polar surface area (TPSA) is 168 Å².